The van der Waals surface area contributed by atoms with Crippen molar-refractivity contribution in [2.75, 3.05) is 10.6 Å². The van der Waals surface area contributed by atoms with Crippen LogP contribution in [0.3, 0.4) is 0 Å². The Morgan fingerprint density at radius 1 is 0.861 bits per heavy atom. The van der Waals surface area contributed by atoms with Gasteiger partial charge in [-0.25, -0.2) is 14.4 Å². The summed E-state index contributed by atoms with van der Waals surface area (Å²) in [5, 5.41) is 5.52. The molecule has 0 radical (unpaired) electrons. The van der Waals surface area contributed by atoms with Gasteiger partial charge in [0.25, 0.3) is 0 Å². The number of benzene rings is 1. The van der Waals surface area contributed by atoms with Gasteiger partial charge < -0.3 is 10.6 Å². The van der Waals surface area contributed by atoms with Crippen molar-refractivity contribution in [2.45, 2.75) is 54.4 Å². The standard InChI is InChI=1S/C14H14N2O.C13H17FN2O.C2H6.2H2/c1-11(12-7-3-2-4-8-12)14(17)16-13-9-5-6-10-15-13;1-12(2)10(13(12,3)4)11(17)16-9-6-5-8(14)7-15-9;1-2;;/h2-11H,1H3,(H,15,16,17);5-7,10H,1-4H3,(H,15,16,17);1-2H3;2*1H/t11-;;;;/m1..../s1. The first kappa shape index (κ1) is 28.6. The highest BCUT2D eigenvalue weighted by Crippen LogP contribution is 2.68. The lowest BCUT2D eigenvalue weighted by atomic mass is 10.0. The molecule has 2 heterocycles. The molecule has 6 nitrogen and oxygen atoms in total. The molecule has 2 amide bonds. The van der Waals surface area contributed by atoms with Crippen LogP contribution in [0.4, 0.5) is 16.0 Å². The number of nitrogens with zero attached hydrogens (tertiary/aromatic N) is 2. The molecule has 0 aliphatic heterocycles. The van der Waals surface area contributed by atoms with E-state index in [0.717, 1.165) is 11.8 Å². The molecule has 1 aliphatic rings. The first-order chi connectivity index (χ1) is 17.0. The summed E-state index contributed by atoms with van der Waals surface area (Å²) >= 11 is 0. The second-order valence-corrected chi connectivity index (χ2v) is 9.56. The number of carbonyl (C=O) groups is 2. The van der Waals surface area contributed by atoms with Gasteiger partial charge >= 0.3 is 0 Å². The molecule has 4 rings (SSSR count). The third-order valence-corrected chi connectivity index (χ3v) is 6.87. The van der Waals surface area contributed by atoms with Gasteiger partial charge in [-0.05, 0) is 47.6 Å². The van der Waals surface area contributed by atoms with Gasteiger partial charge in [-0.1, -0.05) is 77.9 Å². The van der Waals surface area contributed by atoms with Crippen LogP contribution in [-0.2, 0) is 9.59 Å². The van der Waals surface area contributed by atoms with Crippen LogP contribution in [0.2, 0.25) is 0 Å². The zero-order chi connectivity index (χ0) is 26.9. The quantitative estimate of drug-likeness (QED) is 0.392. The lowest BCUT2D eigenvalue weighted by molar-refractivity contribution is -0.118. The van der Waals surface area contributed by atoms with Crippen LogP contribution in [0.15, 0.2) is 73.1 Å². The third-order valence-electron chi connectivity index (χ3n) is 6.87. The van der Waals surface area contributed by atoms with E-state index in [0.29, 0.717) is 11.6 Å². The van der Waals surface area contributed by atoms with Crippen molar-refractivity contribution in [3.63, 3.8) is 0 Å². The van der Waals surface area contributed by atoms with Gasteiger partial charge in [-0.2, -0.15) is 0 Å². The van der Waals surface area contributed by atoms with Crippen molar-refractivity contribution in [1.29, 1.82) is 0 Å². The van der Waals surface area contributed by atoms with Crippen molar-refractivity contribution >= 4 is 23.5 Å². The fraction of sp³-hybridized carbons (Fsp3) is 0.379. The van der Waals surface area contributed by atoms with E-state index in [2.05, 4.69) is 48.3 Å². The molecule has 0 saturated heterocycles. The van der Waals surface area contributed by atoms with Crippen molar-refractivity contribution in [3.05, 3.63) is 84.4 Å². The smallest absolute Gasteiger partial charge is 0.232 e. The van der Waals surface area contributed by atoms with E-state index >= 15 is 0 Å². The Morgan fingerprint density at radius 3 is 1.94 bits per heavy atom. The lowest BCUT2D eigenvalue weighted by Crippen LogP contribution is -2.19. The van der Waals surface area contributed by atoms with Crippen molar-refractivity contribution in [2.24, 2.45) is 16.7 Å². The van der Waals surface area contributed by atoms with Gasteiger partial charge in [0, 0.05) is 15.0 Å². The highest BCUT2D eigenvalue weighted by Gasteiger charge is 2.68. The Bertz CT molecular complexity index is 1110. The normalized spacial score (nSPS) is 15.7. The van der Waals surface area contributed by atoms with Crippen LogP contribution in [0, 0.1) is 22.6 Å². The van der Waals surface area contributed by atoms with Crippen LogP contribution >= 0.6 is 0 Å². The van der Waals surface area contributed by atoms with Gasteiger partial charge in [-0.15, -0.1) is 0 Å². The lowest BCUT2D eigenvalue weighted by Gasteiger charge is -2.11. The van der Waals surface area contributed by atoms with Gasteiger partial charge in [0.1, 0.15) is 17.5 Å². The molecule has 36 heavy (non-hydrogen) atoms. The highest BCUT2D eigenvalue weighted by molar-refractivity contribution is 5.95. The van der Waals surface area contributed by atoms with Crippen LogP contribution in [0.25, 0.3) is 0 Å². The summed E-state index contributed by atoms with van der Waals surface area (Å²) < 4.78 is 12.7. The molecule has 1 saturated carbocycles. The molecule has 1 aromatic carbocycles. The second kappa shape index (κ2) is 12.4. The van der Waals surface area contributed by atoms with Crippen LogP contribution in [0.1, 0.15) is 62.8 Å². The molecule has 7 heteroatoms. The first-order valence-corrected chi connectivity index (χ1v) is 12.2. The molecule has 0 unspecified atom stereocenters. The number of rotatable bonds is 5. The highest BCUT2D eigenvalue weighted by atomic mass is 19.1. The molecular weight excluding hydrogens is 455 g/mol. The van der Waals surface area contributed by atoms with E-state index in [1.165, 1.54) is 12.1 Å². The Labute approximate surface area is 216 Å². The molecule has 1 aliphatic carbocycles. The predicted octanol–water partition coefficient (Wildman–Crippen LogP) is 7.18. The third kappa shape index (κ3) is 6.97. The summed E-state index contributed by atoms with van der Waals surface area (Å²) in [6.45, 7) is 14.2. The number of anilines is 2. The second-order valence-electron chi connectivity index (χ2n) is 9.56. The average molecular weight is 497 g/mol. The number of amides is 2. The molecular formula is C29H41FN4O2. The maximum atomic E-state index is 12.7. The van der Waals surface area contributed by atoms with E-state index in [-0.39, 0.29) is 37.3 Å². The SMILES string of the molecule is CC.CC1(C)C(C(=O)Nc2ccc(F)cn2)C1(C)C.C[C@@H](C(=O)Nc1ccccn1)c1ccccc1.[HH].[HH]. The number of pyridine rings is 2. The zero-order valence-corrected chi connectivity index (χ0v) is 22.2. The topological polar surface area (TPSA) is 84.0 Å². The Balaban J connectivity index is 0.000000645. The molecule has 1 fully saturated rings. The van der Waals surface area contributed by atoms with Gasteiger partial charge in [0.15, 0.2) is 0 Å². The Morgan fingerprint density at radius 2 is 1.44 bits per heavy atom. The van der Waals surface area contributed by atoms with Crippen LogP contribution < -0.4 is 10.6 Å². The maximum Gasteiger partial charge on any atom is 0.232 e. The average Bonchev–Trinajstić information content (AvgIpc) is 3.30. The minimum absolute atomic E-state index is 0. The van der Waals surface area contributed by atoms with Gasteiger partial charge in [0.05, 0.1) is 12.1 Å². The molecule has 2 N–H and O–H groups in total. The molecule has 196 valence electrons. The molecule has 0 spiro atoms. The Hall–Kier alpha value is -3.61. The molecule has 0 bridgehead atoms. The minimum atomic E-state index is -0.407. The number of halogens is 1. The van der Waals surface area contributed by atoms with E-state index in [1.54, 1.807) is 12.3 Å². The van der Waals surface area contributed by atoms with E-state index in [4.69, 9.17) is 0 Å². The summed E-state index contributed by atoms with van der Waals surface area (Å²) in [4.78, 5) is 31.9. The van der Waals surface area contributed by atoms with Gasteiger partial charge in [0.2, 0.25) is 11.8 Å². The molecule has 2 aromatic heterocycles. The molecule has 1 atom stereocenters. The number of carbonyl (C=O) groups excluding carboxylic acids is 2. The number of hydrogen-bond donors (Lipinski definition) is 2. The van der Waals surface area contributed by atoms with Crippen molar-refractivity contribution < 1.29 is 16.8 Å². The zero-order valence-electron chi connectivity index (χ0n) is 22.2. The van der Waals surface area contributed by atoms with E-state index in [9.17, 15) is 14.0 Å². The van der Waals surface area contributed by atoms with E-state index in [1.807, 2.05) is 63.2 Å². The number of nitrogens with one attached hydrogen (secondary N) is 2. The fourth-order valence-electron chi connectivity index (χ4n) is 4.06. The monoisotopic (exact) mass is 496 g/mol. The van der Waals surface area contributed by atoms with Gasteiger partial charge in [-0.3, -0.25) is 9.59 Å². The van der Waals surface area contributed by atoms with Crippen molar-refractivity contribution in [1.82, 2.24) is 9.97 Å². The summed E-state index contributed by atoms with van der Waals surface area (Å²) in [6, 6.07) is 17.9. The predicted molar refractivity (Wildman–Crippen MR) is 147 cm³/mol. The van der Waals surface area contributed by atoms with Crippen LogP contribution in [0.5, 0.6) is 0 Å². The minimum Gasteiger partial charge on any atom is -0.310 e. The van der Waals surface area contributed by atoms with Crippen molar-refractivity contribution in [3.8, 4) is 0 Å². The number of hydrogen-bond acceptors (Lipinski definition) is 4. The molecule has 3 aromatic rings. The number of aromatic nitrogens is 2. The van der Waals surface area contributed by atoms with E-state index < -0.39 is 5.82 Å². The first-order valence-electron chi connectivity index (χ1n) is 12.2. The largest absolute Gasteiger partial charge is 0.310 e. The Kier molecular flexibility index (Phi) is 9.84. The summed E-state index contributed by atoms with van der Waals surface area (Å²) in [6.07, 6.45) is 2.75. The fourth-order valence-corrected chi connectivity index (χ4v) is 4.06. The summed E-state index contributed by atoms with van der Waals surface area (Å²) in [5.74, 6) is 0.277. The summed E-state index contributed by atoms with van der Waals surface area (Å²) in [7, 11) is 0. The maximum absolute atomic E-state index is 12.7. The van der Waals surface area contributed by atoms with Crippen LogP contribution in [-0.4, -0.2) is 21.8 Å². The summed E-state index contributed by atoms with van der Waals surface area (Å²) in [5.41, 5.74) is 0.995.